The van der Waals surface area contributed by atoms with Crippen molar-refractivity contribution in [3.05, 3.63) is 64.9 Å². The molecule has 0 aliphatic carbocycles. The highest BCUT2D eigenvalue weighted by molar-refractivity contribution is 5.74. The summed E-state index contributed by atoms with van der Waals surface area (Å²) in [6.07, 6.45) is 0.693. The summed E-state index contributed by atoms with van der Waals surface area (Å²) < 4.78 is 19.2. The van der Waals surface area contributed by atoms with E-state index in [9.17, 15) is 9.18 Å². The van der Waals surface area contributed by atoms with Gasteiger partial charge in [-0.25, -0.2) is 14.2 Å². The number of amides is 2. The predicted octanol–water partition coefficient (Wildman–Crippen LogP) is 2.40. The normalized spacial score (nSPS) is 15.7. The van der Waals surface area contributed by atoms with Crippen LogP contribution in [0.2, 0.25) is 0 Å². The van der Waals surface area contributed by atoms with Gasteiger partial charge in [-0.1, -0.05) is 6.07 Å². The first-order valence-corrected chi connectivity index (χ1v) is 9.77. The number of hydrogen-bond donors (Lipinski definition) is 2. The topological polar surface area (TPSA) is 73.0 Å². The van der Waals surface area contributed by atoms with Crippen LogP contribution in [-0.4, -0.2) is 48.1 Å². The fraction of sp³-hybridized carbons (Fsp3) is 0.333. The van der Waals surface area contributed by atoms with Crippen LogP contribution in [-0.2, 0) is 13.0 Å². The van der Waals surface area contributed by atoms with Gasteiger partial charge in [-0.15, -0.1) is 5.53 Å². The molecular formula is C21H25FN6O2. The molecule has 8 nitrogen and oxygen atoms in total. The molecule has 2 aliphatic heterocycles. The molecule has 1 aromatic carbocycles. The molecule has 2 aliphatic rings. The van der Waals surface area contributed by atoms with Gasteiger partial charge in [-0.3, -0.25) is 5.01 Å². The molecule has 9 heteroatoms. The molecule has 0 fully saturated rings. The highest BCUT2D eigenvalue weighted by Gasteiger charge is 2.24. The van der Waals surface area contributed by atoms with Crippen LogP contribution in [0.5, 0.6) is 5.88 Å². The Balaban J connectivity index is 1.43. The van der Waals surface area contributed by atoms with Gasteiger partial charge in [0, 0.05) is 45.4 Å². The van der Waals surface area contributed by atoms with Crippen molar-refractivity contribution in [2.75, 3.05) is 32.3 Å². The number of aromatic nitrogens is 1. The summed E-state index contributed by atoms with van der Waals surface area (Å²) in [5, 5.41) is 1.82. The molecule has 0 atom stereocenters. The molecule has 30 heavy (non-hydrogen) atoms. The van der Waals surface area contributed by atoms with Gasteiger partial charge in [0.2, 0.25) is 5.88 Å². The predicted molar refractivity (Wildman–Crippen MR) is 111 cm³/mol. The van der Waals surface area contributed by atoms with Crippen LogP contribution >= 0.6 is 0 Å². The number of urea groups is 1. The maximum Gasteiger partial charge on any atom is 0.319 e. The van der Waals surface area contributed by atoms with Crippen molar-refractivity contribution in [3.63, 3.8) is 0 Å². The molecule has 0 unspecified atom stereocenters. The summed E-state index contributed by atoms with van der Waals surface area (Å²) in [5.74, 6) is 0.251. The zero-order valence-corrected chi connectivity index (χ0v) is 17.3. The minimum Gasteiger partial charge on any atom is -0.471 e. The molecule has 2 N–H and O–H groups in total. The SMILES string of the molecule is CC1=C(COc2ccc3c(n2)CCN(C(=O)N(C)C)C3)N(c2ccc(F)cc2)NN1. The van der Waals surface area contributed by atoms with Gasteiger partial charge in [0.05, 0.1) is 17.1 Å². The number of nitrogens with zero attached hydrogens (tertiary/aromatic N) is 4. The van der Waals surface area contributed by atoms with Gasteiger partial charge in [-0.05, 0) is 36.8 Å². The highest BCUT2D eigenvalue weighted by atomic mass is 19.1. The second-order valence-electron chi connectivity index (χ2n) is 7.51. The van der Waals surface area contributed by atoms with E-state index in [4.69, 9.17) is 4.74 Å². The van der Waals surface area contributed by atoms with E-state index in [0.717, 1.165) is 28.3 Å². The summed E-state index contributed by atoms with van der Waals surface area (Å²) >= 11 is 0. The van der Waals surface area contributed by atoms with Gasteiger partial charge < -0.3 is 20.0 Å². The van der Waals surface area contributed by atoms with E-state index in [1.807, 2.05) is 29.0 Å². The molecule has 2 aromatic rings. The molecular weight excluding hydrogens is 387 g/mol. The number of halogens is 1. The van der Waals surface area contributed by atoms with Crippen molar-refractivity contribution in [3.8, 4) is 5.88 Å². The molecule has 158 valence electrons. The van der Waals surface area contributed by atoms with Crippen LogP contribution < -0.4 is 20.7 Å². The number of hydrazine groups is 2. The monoisotopic (exact) mass is 412 g/mol. The Labute approximate surface area is 174 Å². The van der Waals surface area contributed by atoms with E-state index >= 15 is 0 Å². The van der Waals surface area contributed by atoms with Crippen LogP contribution in [0.15, 0.2) is 47.8 Å². The Bertz CT molecular complexity index is 976. The standard InChI is InChI=1S/C21H25FN6O2/c1-14-19(28(25-24-14)17-7-5-16(22)6-8-17)13-30-20-9-4-15-12-27(21(29)26(2)3)11-10-18(15)23-20/h4-9,24-25H,10-13H2,1-3H3. The van der Waals surface area contributed by atoms with Gasteiger partial charge in [0.1, 0.15) is 12.4 Å². The Morgan fingerprint density at radius 3 is 2.73 bits per heavy atom. The Kier molecular flexibility index (Phi) is 5.45. The van der Waals surface area contributed by atoms with Crippen molar-refractivity contribution in [2.24, 2.45) is 0 Å². The molecule has 0 radical (unpaired) electrons. The van der Waals surface area contributed by atoms with Crippen molar-refractivity contribution < 1.29 is 13.9 Å². The van der Waals surface area contributed by atoms with Crippen LogP contribution in [0.4, 0.5) is 14.9 Å². The van der Waals surface area contributed by atoms with E-state index in [1.165, 1.54) is 12.1 Å². The maximum atomic E-state index is 13.2. The number of anilines is 1. The number of ether oxygens (including phenoxy) is 1. The van der Waals surface area contributed by atoms with E-state index in [-0.39, 0.29) is 11.8 Å². The van der Waals surface area contributed by atoms with Crippen molar-refractivity contribution >= 4 is 11.7 Å². The molecule has 4 rings (SSSR count). The van der Waals surface area contributed by atoms with Crippen LogP contribution in [0.3, 0.4) is 0 Å². The lowest BCUT2D eigenvalue weighted by molar-refractivity contribution is 0.165. The molecule has 3 heterocycles. The first kappa shape index (κ1) is 20.0. The number of hydrogen-bond acceptors (Lipinski definition) is 6. The van der Waals surface area contributed by atoms with Crippen LogP contribution in [0.25, 0.3) is 0 Å². The number of carbonyl (C=O) groups excluding carboxylic acids is 1. The lowest BCUT2D eigenvalue weighted by atomic mass is 10.1. The zero-order valence-electron chi connectivity index (χ0n) is 17.3. The summed E-state index contributed by atoms with van der Waals surface area (Å²) in [6.45, 7) is 3.42. The van der Waals surface area contributed by atoms with E-state index < -0.39 is 0 Å². The summed E-state index contributed by atoms with van der Waals surface area (Å²) in [4.78, 5) is 20.2. The first-order chi connectivity index (χ1) is 14.4. The van der Waals surface area contributed by atoms with Crippen molar-refractivity contribution in [2.45, 2.75) is 19.9 Å². The summed E-state index contributed by atoms with van der Waals surface area (Å²) in [7, 11) is 3.51. The smallest absolute Gasteiger partial charge is 0.319 e. The second-order valence-corrected chi connectivity index (χ2v) is 7.51. The summed E-state index contributed by atoms with van der Waals surface area (Å²) in [6, 6.07) is 10.0. The van der Waals surface area contributed by atoms with E-state index in [2.05, 4.69) is 15.9 Å². The lowest BCUT2D eigenvalue weighted by Crippen LogP contribution is -2.42. The van der Waals surface area contributed by atoms with Crippen LogP contribution in [0, 0.1) is 5.82 Å². The minimum absolute atomic E-state index is 0.00510. The molecule has 2 amide bonds. The average Bonchev–Trinajstić information content (AvgIpc) is 3.12. The number of carbonyl (C=O) groups is 1. The zero-order chi connectivity index (χ0) is 21.3. The Morgan fingerprint density at radius 2 is 2.00 bits per heavy atom. The van der Waals surface area contributed by atoms with Gasteiger partial charge >= 0.3 is 6.03 Å². The molecule has 0 bridgehead atoms. The molecule has 0 saturated carbocycles. The fourth-order valence-corrected chi connectivity index (χ4v) is 3.50. The largest absolute Gasteiger partial charge is 0.471 e. The molecule has 0 saturated heterocycles. The number of nitrogens with one attached hydrogen (secondary N) is 2. The Morgan fingerprint density at radius 1 is 1.23 bits per heavy atom. The molecule has 1 aromatic heterocycles. The Hall–Kier alpha value is -3.33. The number of rotatable bonds is 4. The third kappa shape index (κ3) is 4.02. The number of fused-ring (bicyclic) bond motifs is 1. The van der Waals surface area contributed by atoms with E-state index in [1.54, 1.807) is 31.1 Å². The number of benzene rings is 1. The van der Waals surface area contributed by atoms with Gasteiger partial charge in [0.15, 0.2) is 0 Å². The van der Waals surface area contributed by atoms with Gasteiger partial charge in [0.25, 0.3) is 0 Å². The second kappa shape index (κ2) is 8.19. The first-order valence-electron chi connectivity index (χ1n) is 9.77. The van der Waals surface area contributed by atoms with Crippen molar-refractivity contribution in [1.82, 2.24) is 25.7 Å². The highest BCUT2D eigenvalue weighted by Crippen LogP contribution is 2.24. The number of pyridine rings is 1. The third-order valence-corrected chi connectivity index (χ3v) is 5.18. The summed E-state index contributed by atoms with van der Waals surface area (Å²) in [5.41, 5.74) is 10.7. The lowest BCUT2D eigenvalue weighted by Gasteiger charge is -2.30. The molecule has 0 spiro atoms. The third-order valence-electron chi connectivity index (χ3n) is 5.18. The maximum absolute atomic E-state index is 13.2. The van der Waals surface area contributed by atoms with E-state index in [0.29, 0.717) is 32.0 Å². The van der Waals surface area contributed by atoms with Crippen molar-refractivity contribution in [1.29, 1.82) is 0 Å². The average molecular weight is 412 g/mol. The fourth-order valence-electron chi connectivity index (χ4n) is 3.50. The van der Waals surface area contributed by atoms with Gasteiger partial charge in [-0.2, -0.15) is 0 Å². The van der Waals surface area contributed by atoms with Crippen LogP contribution in [0.1, 0.15) is 18.2 Å². The number of allylic oxidation sites excluding steroid dienone is 1. The minimum atomic E-state index is -0.284. The quantitative estimate of drug-likeness (QED) is 0.804.